The van der Waals surface area contributed by atoms with E-state index in [9.17, 15) is 0 Å². The van der Waals surface area contributed by atoms with Crippen LogP contribution in [0.3, 0.4) is 0 Å². The Morgan fingerprint density at radius 2 is 2.28 bits per heavy atom. The fourth-order valence-corrected chi connectivity index (χ4v) is 2.32. The van der Waals surface area contributed by atoms with Gasteiger partial charge in [-0.25, -0.2) is 4.98 Å². The van der Waals surface area contributed by atoms with Crippen LogP contribution in [0, 0.1) is 5.92 Å². The summed E-state index contributed by atoms with van der Waals surface area (Å²) in [4.78, 5) is 11.1. The molecule has 1 aliphatic heterocycles. The number of nitrogens with one attached hydrogen (secondary N) is 2. The van der Waals surface area contributed by atoms with E-state index in [2.05, 4.69) is 32.4 Å². The molecule has 0 amide bonds. The third-order valence-corrected chi connectivity index (χ3v) is 3.38. The van der Waals surface area contributed by atoms with Gasteiger partial charge in [-0.15, -0.1) is 0 Å². The summed E-state index contributed by atoms with van der Waals surface area (Å²) in [5.41, 5.74) is 0. The van der Waals surface area contributed by atoms with Crippen LogP contribution in [0.15, 0.2) is 12.3 Å². The molecular weight excluding hydrogens is 226 g/mol. The zero-order valence-electron chi connectivity index (χ0n) is 11.3. The molecule has 2 N–H and O–H groups in total. The van der Waals surface area contributed by atoms with E-state index >= 15 is 0 Å². The largest absolute Gasteiger partial charge is 0.370 e. The maximum Gasteiger partial charge on any atom is 0.224 e. The highest BCUT2D eigenvalue weighted by Crippen LogP contribution is 2.16. The molecule has 1 aliphatic rings. The maximum atomic E-state index is 4.42. The number of aromatic nitrogens is 2. The van der Waals surface area contributed by atoms with Crippen LogP contribution < -0.4 is 10.6 Å². The van der Waals surface area contributed by atoms with Crippen molar-refractivity contribution in [3.05, 3.63) is 12.3 Å². The quantitative estimate of drug-likeness (QED) is 0.803. The fourth-order valence-electron chi connectivity index (χ4n) is 2.32. The monoisotopic (exact) mass is 249 g/mol. The van der Waals surface area contributed by atoms with Gasteiger partial charge >= 0.3 is 0 Å². The molecule has 2 heterocycles. The molecule has 100 valence electrons. The van der Waals surface area contributed by atoms with Gasteiger partial charge in [-0.05, 0) is 38.4 Å². The number of hydrogen-bond donors (Lipinski definition) is 2. The molecule has 0 radical (unpaired) electrons. The lowest BCUT2D eigenvalue weighted by molar-refractivity contribution is 0.345. The molecule has 1 aromatic rings. The molecular formula is C13H23N5. The van der Waals surface area contributed by atoms with Gasteiger partial charge in [0.15, 0.2) is 0 Å². The summed E-state index contributed by atoms with van der Waals surface area (Å²) in [5.74, 6) is 2.35. The van der Waals surface area contributed by atoms with Crippen LogP contribution in [0.25, 0.3) is 0 Å². The van der Waals surface area contributed by atoms with Crippen molar-refractivity contribution in [2.24, 2.45) is 5.92 Å². The number of likely N-dealkylation sites (tertiary alicyclic amines) is 1. The molecule has 0 saturated carbocycles. The van der Waals surface area contributed by atoms with E-state index < -0.39 is 0 Å². The first-order valence-corrected chi connectivity index (χ1v) is 6.85. The number of hydrogen-bond acceptors (Lipinski definition) is 5. The normalized spacial score (nSPS) is 20.0. The summed E-state index contributed by atoms with van der Waals surface area (Å²) < 4.78 is 0. The SMILES string of the molecule is CCNc1nccc(NCC2CCN(CC)C2)n1. The minimum Gasteiger partial charge on any atom is -0.370 e. The van der Waals surface area contributed by atoms with Gasteiger partial charge in [0.05, 0.1) is 0 Å². The van der Waals surface area contributed by atoms with Crippen molar-refractivity contribution >= 4 is 11.8 Å². The van der Waals surface area contributed by atoms with Crippen LogP contribution in [-0.2, 0) is 0 Å². The highest BCUT2D eigenvalue weighted by atomic mass is 15.2. The van der Waals surface area contributed by atoms with Gasteiger partial charge < -0.3 is 15.5 Å². The van der Waals surface area contributed by atoms with Crippen molar-refractivity contribution in [1.82, 2.24) is 14.9 Å². The van der Waals surface area contributed by atoms with Gasteiger partial charge in [0.1, 0.15) is 5.82 Å². The Kier molecular flexibility index (Phi) is 4.75. The Labute approximate surface area is 109 Å². The van der Waals surface area contributed by atoms with Crippen molar-refractivity contribution in [2.45, 2.75) is 20.3 Å². The molecule has 0 spiro atoms. The Bertz CT molecular complexity index is 368. The van der Waals surface area contributed by atoms with Crippen LogP contribution in [0.1, 0.15) is 20.3 Å². The van der Waals surface area contributed by atoms with E-state index in [1.165, 1.54) is 19.5 Å². The van der Waals surface area contributed by atoms with Crippen LogP contribution in [0.4, 0.5) is 11.8 Å². The van der Waals surface area contributed by atoms with Gasteiger partial charge in [-0.1, -0.05) is 6.92 Å². The van der Waals surface area contributed by atoms with Crippen LogP contribution in [0.2, 0.25) is 0 Å². The average Bonchev–Trinajstić information content (AvgIpc) is 2.85. The van der Waals surface area contributed by atoms with E-state index in [0.29, 0.717) is 5.95 Å². The van der Waals surface area contributed by atoms with Crippen molar-refractivity contribution in [1.29, 1.82) is 0 Å². The molecule has 1 unspecified atom stereocenters. The molecule has 0 bridgehead atoms. The molecule has 0 aromatic carbocycles. The lowest BCUT2D eigenvalue weighted by Crippen LogP contribution is -2.22. The molecule has 18 heavy (non-hydrogen) atoms. The topological polar surface area (TPSA) is 53.1 Å². The minimum absolute atomic E-state index is 0.698. The molecule has 2 rings (SSSR count). The molecule has 1 atom stereocenters. The molecule has 1 aromatic heterocycles. The van der Waals surface area contributed by atoms with E-state index in [4.69, 9.17) is 0 Å². The van der Waals surface area contributed by atoms with Crippen LogP contribution >= 0.6 is 0 Å². The van der Waals surface area contributed by atoms with Crippen molar-refractivity contribution in [2.75, 3.05) is 43.4 Å². The van der Waals surface area contributed by atoms with Crippen LogP contribution in [0.5, 0.6) is 0 Å². The van der Waals surface area contributed by atoms with Crippen molar-refractivity contribution in [3.8, 4) is 0 Å². The van der Waals surface area contributed by atoms with E-state index in [1.54, 1.807) is 6.20 Å². The number of anilines is 2. The molecule has 5 heteroatoms. The molecule has 5 nitrogen and oxygen atoms in total. The third kappa shape index (κ3) is 3.57. The highest BCUT2D eigenvalue weighted by Gasteiger charge is 2.20. The first-order valence-electron chi connectivity index (χ1n) is 6.85. The van der Waals surface area contributed by atoms with Crippen molar-refractivity contribution < 1.29 is 0 Å². The smallest absolute Gasteiger partial charge is 0.224 e. The predicted molar refractivity (Wildman–Crippen MR) is 74.9 cm³/mol. The lowest BCUT2D eigenvalue weighted by atomic mass is 10.1. The van der Waals surface area contributed by atoms with Gasteiger partial charge in [0, 0.05) is 25.8 Å². The standard InChI is InChI=1S/C13H23N5/c1-3-14-13-15-7-5-12(17-13)16-9-11-6-8-18(4-2)10-11/h5,7,11H,3-4,6,8-10H2,1-2H3,(H2,14,15,16,17). The number of nitrogens with zero attached hydrogens (tertiary/aromatic N) is 3. The maximum absolute atomic E-state index is 4.42. The Balaban J connectivity index is 1.81. The Hall–Kier alpha value is -1.36. The van der Waals surface area contributed by atoms with Crippen molar-refractivity contribution in [3.63, 3.8) is 0 Å². The highest BCUT2D eigenvalue weighted by molar-refractivity contribution is 5.39. The second kappa shape index (κ2) is 6.54. The molecule has 0 aliphatic carbocycles. The average molecular weight is 249 g/mol. The predicted octanol–water partition coefficient (Wildman–Crippen LogP) is 1.66. The fraction of sp³-hybridized carbons (Fsp3) is 0.692. The Morgan fingerprint density at radius 1 is 1.39 bits per heavy atom. The summed E-state index contributed by atoms with van der Waals surface area (Å²) >= 11 is 0. The second-order valence-corrected chi connectivity index (χ2v) is 4.72. The third-order valence-electron chi connectivity index (χ3n) is 3.38. The first kappa shape index (κ1) is 13.1. The zero-order chi connectivity index (χ0) is 12.8. The lowest BCUT2D eigenvalue weighted by Gasteiger charge is -2.14. The zero-order valence-corrected chi connectivity index (χ0v) is 11.3. The first-order chi connectivity index (χ1) is 8.81. The van der Waals surface area contributed by atoms with Gasteiger partial charge in [-0.3, -0.25) is 0 Å². The van der Waals surface area contributed by atoms with Crippen LogP contribution in [-0.4, -0.2) is 47.6 Å². The van der Waals surface area contributed by atoms with E-state index in [1.807, 2.05) is 13.0 Å². The second-order valence-electron chi connectivity index (χ2n) is 4.72. The molecule has 1 saturated heterocycles. The minimum atomic E-state index is 0.698. The molecule has 1 fully saturated rings. The van der Waals surface area contributed by atoms with Gasteiger partial charge in [-0.2, -0.15) is 4.98 Å². The summed E-state index contributed by atoms with van der Waals surface area (Å²) in [5, 5.41) is 6.53. The van der Waals surface area contributed by atoms with E-state index in [0.717, 1.165) is 31.4 Å². The van der Waals surface area contributed by atoms with E-state index in [-0.39, 0.29) is 0 Å². The Morgan fingerprint density at radius 3 is 3.00 bits per heavy atom. The summed E-state index contributed by atoms with van der Waals surface area (Å²) in [6.45, 7) is 9.71. The van der Waals surface area contributed by atoms with Gasteiger partial charge in [0.2, 0.25) is 5.95 Å². The van der Waals surface area contributed by atoms with Gasteiger partial charge in [0.25, 0.3) is 0 Å². The number of rotatable bonds is 6. The summed E-state index contributed by atoms with van der Waals surface area (Å²) in [6, 6.07) is 1.92. The summed E-state index contributed by atoms with van der Waals surface area (Å²) in [7, 11) is 0. The summed E-state index contributed by atoms with van der Waals surface area (Å²) in [6.07, 6.45) is 3.08.